The molecule has 1 aromatic rings. The molecule has 0 aliphatic carbocycles. The standard InChI is InChI=1S/C13H18INO2/c1-2-9-15(10-3-4-13(16)17)12-7-5-11(14)6-8-12/h5-8H,2-4,9-10H2,1H3,(H,16,17). The van der Waals surface area contributed by atoms with Gasteiger partial charge in [0.05, 0.1) is 0 Å². The van der Waals surface area contributed by atoms with Crippen LogP contribution < -0.4 is 4.90 Å². The van der Waals surface area contributed by atoms with Gasteiger partial charge in [-0.3, -0.25) is 4.79 Å². The number of carboxylic acids is 1. The summed E-state index contributed by atoms with van der Waals surface area (Å²) in [6, 6.07) is 8.35. The molecule has 0 spiro atoms. The zero-order valence-corrected chi connectivity index (χ0v) is 12.2. The molecule has 0 radical (unpaired) electrons. The molecule has 0 fully saturated rings. The Morgan fingerprint density at radius 1 is 1.29 bits per heavy atom. The molecule has 0 atom stereocenters. The lowest BCUT2D eigenvalue weighted by Gasteiger charge is -2.24. The van der Waals surface area contributed by atoms with E-state index in [1.165, 1.54) is 9.26 Å². The number of nitrogens with zero attached hydrogens (tertiary/aromatic N) is 1. The largest absolute Gasteiger partial charge is 0.481 e. The van der Waals surface area contributed by atoms with E-state index >= 15 is 0 Å². The van der Waals surface area contributed by atoms with E-state index in [1.54, 1.807) is 0 Å². The average Bonchev–Trinajstić information content (AvgIpc) is 2.29. The summed E-state index contributed by atoms with van der Waals surface area (Å²) in [5.74, 6) is -0.718. The minimum Gasteiger partial charge on any atom is -0.481 e. The molecule has 0 heterocycles. The summed E-state index contributed by atoms with van der Waals surface area (Å²) in [5, 5.41) is 8.64. The fraction of sp³-hybridized carbons (Fsp3) is 0.462. The van der Waals surface area contributed by atoms with Crippen molar-refractivity contribution in [3.05, 3.63) is 27.8 Å². The van der Waals surface area contributed by atoms with Crippen LogP contribution in [0.5, 0.6) is 0 Å². The Balaban J connectivity index is 2.58. The minimum atomic E-state index is -0.718. The highest BCUT2D eigenvalue weighted by Gasteiger charge is 2.06. The zero-order valence-electron chi connectivity index (χ0n) is 10.0. The molecule has 1 aromatic carbocycles. The van der Waals surface area contributed by atoms with Gasteiger partial charge >= 0.3 is 5.97 Å². The third-order valence-electron chi connectivity index (χ3n) is 2.50. The molecule has 0 amide bonds. The van der Waals surface area contributed by atoms with Crippen LogP contribution in [0, 0.1) is 3.57 Å². The lowest BCUT2D eigenvalue weighted by Crippen LogP contribution is -2.25. The molecule has 0 bridgehead atoms. The molecule has 3 nitrogen and oxygen atoms in total. The Bertz CT molecular complexity index is 351. The number of hydrogen-bond acceptors (Lipinski definition) is 2. The van der Waals surface area contributed by atoms with E-state index in [2.05, 4.69) is 58.7 Å². The molecule has 0 aliphatic heterocycles. The van der Waals surface area contributed by atoms with Crippen molar-refractivity contribution in [2.45, 2.75) is 26.2 Å². The van der Waals surface area contributed by atoms with Crippen LogP contribution in [-0.2, 0) is 4.79 Å². The number of carboxylic acid groups (broad SMARTS) is 1. The van der Waals surface area contributed by atoms with Gasteiger partial charge in [-0.2, -0.15) is 0 Å². The molecule has 0 aliphatic rings. The van der Waals surface area contributed by atoms with Gasteiger partial charge in [0, 0.05) is 28.8 Å². The first-order chi connectivity index (χ1) is 8.13. The second-order valence-electron chi connectivity index (χ2n) is 3.96. The maximum atomic E-state index is 10.5. The number of rotatable bonds is 7. The first kappa shape index (κ1) is 14.3. The van der Waals surface area contributed by atoms with Gasteiger partial charge in [-0.15, -0.1) is 0 Å². The monoisotopic (exact) mass is 347 g/mol. The highest BCUT2D eigenvalue weighted by atomic mass is 127. The van der Waals surface area contributed by atoms with Crippen LogP contribution in [0.2, 0.25) is 0 Å². The van der Waals surface area contributed by atoms with Gasteiger partial charge in [0.15, 0.2) is 0 Å². The number of aliphatic carboxylic acids is 1. The summed E-state index contributed by atoms with van der Waals surface area (Å²) >= 11 is 2.28. The van der Waals surface area contributed by atoms with Gasteiger partial charge in [-0.05, 0) is 59.7 Å². The van der Waals surface area contributed by atoms with Gasteiger partial charge in [0.2, 0.25) is 0 Å². The smallest absolute Gasteiger partial charge is 0.303 e. The van der Waals surface area contributed by atoms with E-state index in [1.807, 2.05) is 0 Å². The molecule has 0 saturated heterocycles. The third-order valence-corrected chi connectivity index (χ3v) is 3.22. The summed E-state index contributed by atoms with van der Waals surface area (Å²) in [4.78, 5) is 12.7. The first-order valence-electron chi connectivity index (χ1n) is 5.85. The van der Waals surface area contributed by atoms with Crippen molar-refractivity contribution in [3.8, 4) is 0 Å². The van der Waals surface area contributed by atoms with Crippen LogP contribution >= 0.6 is 22.6 Å². The SMILES string of the molecule is CCCN(CCCC(=O)O)c1ccc(I)cc1. The fourth-order valence-corrected chi connectivity index (χ4v) is 2.07. The van der Waals surface area contributed by atoms with E-state index in [0.717, 1.165) is 19.5 Å². The zero-order chi connectivity index (χ0) is 12.7. The van der Waals surface area contributed by atoms with E-state index < -0.39 is 5.97 Å². The molecule has 1 N–H and O–H groups in total. The third kappa shape index (κ3) is 5.39. The summed E-state index contributed by atoms with van der Waals surface area (Å²) < 4.78 is 1.22. The van der Waals surface area contributed by atoms with Crippen LogP contribution in [0.4, 0.5) is 5.69 Å². The highest BCUT2D eigenvalue weighted by Crippen LogP contribution is 2.17. The Kier molecular flexibility index (Phi) is 6.32. The predicted octanol–water partition coefficient (Wildman–Crippen LogP) is 3.37. The van der Waals surface area contributed by atoms with Gasteiger partial charge in [0.25, 0.3) is 0 Å². The molecular weight excluding hydrogens is 329 g/mol. The topological polar surface area (TPSA) is 40.5 Å². The lowest BCUT2D eigenvalue weighted by atomic mass is 10.2. The van der Waals surface area contributed by atoms with Gasteiger partial charge in [-0.1, -0.05) is 6.92 Å². The Hall–Kier alpha value is -0.780. The van der Waals surface area contributed by atoms with Crippen molar-refractivity contribution in [2.75, 3.05) is 18.0 Å². The predicted molar refractivity (Wildman–Crippen MR) is 78.5 cm³/mol. The summed E-state index contributed by atoms with van der Waals surface area (Å²) in [6.07, 6.45) is 2.00. The number of hydrogen-bond donors (Lipinski definition) is 1. The minimum absolute atomic E-state index is 0.241. The second kappa shape index (κ2) is 7.53. The molecule has 0 unspecified atom stereocenters. The quantitative estimate of drug-likeness (QED) is 0.769. The van der Waals surface area contributed by atoms with Crippen molar-refractivity contribution in [1.29, 1.82) is 0 Å². The number of anilines is 1. The van der Waals surface area contributed by atoms with Gasteiger partial charge in [-0.25, -0.2) is 0 Å². The Morgan fingerprint density at radius 2 is 1.94 bits per heavy atom. The lowest BCUT2D eigenvalue weighted by molar-refractivity contribution is -0.137. The normalized spacial score (nSPS) is 10.2. The summed E-state index contributed by atoms with van der Waals surface area (Å²) in [6.45, 7) is 3.91. The Labute approximate surface area is 116 Å². The van der Waals surface area contributed by atoms with E-state index in [-0.39, 0.29) is 6.42 Å². The number of halogens is 1. The van der Waals surface area contributed by atoms with Crippen LogP contribution in [-0.4, -0.2) is 24.2 Å². The van der Waals surface area contributed by atoms with Crippen molar-refractivity contribution >= 4 is 34.2 Å². The first-order valence-corrected chi connectivity index (χ1v) is 6.93. The van der Waals surface area contributed by atoms with E-state index in [4.69, 9.17) is 5.11 Å². The number of benzene rings is 1. The molecule has 4 heteroatoms. The van der Waals surface area contributed by atoms with Crippen molar-refractivity contribution in [2.24, 2.45) is 0 Å². The molecular formula is C13H18INO2. The Morgan fingerprint density at radius 3 is 2.47 bits per heavy atom. The molecule has 94 valence electrons. The van der Waals surface area contributed by atoms with E-state index in [9.17, 15) is 4.79 Å². The maximum Gasteiger partial charge on any atom is 0.303 e. The van der Waals surface area contributed by atoms with Crippen LogP contribution in [0.15, 0.2) is 24.3 Å². The summed E-state index contributed by atoms with van der Waals surface area (Å²) in [7, 11) is 0. The number of carbonyl (C=O) groups is 1. The molecule has 1 rings (SSSR count). The van der Waals surface area contributed by atoms with E-state index in [0.29, 0.717) is 6.42 Å². The highest BCUT2D eigenvalue weighted by molar-refractivity contribution is 14.1. The van der Waals surface area contributed by atoms with Crippen LogP contribution in [0.1, 0.15) is 26.2 Å². The molecule has 0 aromatic heterocycles. The van der Waals surface area contributed by atoms with Crippen molar-refractivity contribution in [3.63, 3.8) is 0 Å². The van der Waals surface area contributed by atoms with Crippen molar-refractivity contribution in [1.82, 2.24) is 0 Å². The average molecular weight is 347 g/mol. The van der Waals surface area contributed by atoms with Gasteiger partial charge < -0.3 is 10.0 Å². The second-order valence-corrected chi connectivity index (χ2v) is 5.21. The van der Waals surface area contributed by atoms with Crippen molar-refractivity contribution < 1.29 is 9.90 Å². The van der Waals surface area contributed by atoms with Crippen LogP contribution in [0.25, 0.3) is 0 Å². The summed E-state index contributed by atoms with van der Waals surface area (Å²) in [5.41, 5.74) is 1.18. The maximum absolute atomic E-state index is 10.5. The molecule has 0 saturated carbocycles. The van der Waals surface area contributed by atoms with Gasteiger partial charge in [0.1, 0.15) is 0 Å². The fourth-order valence-electron chi connectivity index (χ4n) is 1.71. The molecule has 17 heavy (non-hydrogen) atoms. The van der Waals surface area contributed by atoms with Crippen LogP contribution in [0.3, 0.4) is 0 Å².